The number of hydrogen-bond donors (Lipinski definition) is 3. The van der Waals surface area contributed by atoms with Crippen LogP contribution < -0.4 is 10.2 Å². The largest absolute Gasteiger partial charge is 0.504 e. The lowest BCUT2D eigenvalue weighted by Crippen LogP contribution is -2.19. The maximum Gasteiger partial charge on any atom is 0.289 e. The molecule has 0 saturated heterocycles. The summed E-state index contributed by atoms with van der Waals surface area (Å²) in [5, 5.41) is 20.8. The van der Waals surface area contributed by atoms with Crippen molar-refractivity contribution in [2.75, 3.05) is 7.11 Å². The second kappa shape index (κ2) is 7.52. The number of carbonyl (C=O) groups is 1. The summed E-state index contributed by atoms with van der Waals surface area (Å²) in [7, 11) is 1.46. The molecule has 1 amide bonds. The zero-order chi connectivity index (χ0) is 18.5. The zero-order valence-corrected chi connectivity index (χ0v) is 14.4. The molecule has 0 aliphatic rings. The fraction of sp³-hybridized carbons (Fsp3) is 0.105. The van der Waals surface area contributed by atoms with E-state index in [1.54, 1.807) is 18.2 Å². The highest BCUT2D eigenvalue weighted by atomic mass is 16.5. The Bertz CT molecular complexity index is 949. The molecular formula is C19H18N4O3. The van der Waals surface area contributed by atoms with Crippen LogP contribution in [0.2, 0.25) is 0 Å². The number of nitrogens with one attached hydrogen (secondary N) is 2. The van der Waals surface area contributed by atoms with Crippen LogP contribution >= 0.6 is 0 Å². The highest BCUT2D eigenvalue weighted by Crippen LogP contribution is 2.28. The Balaban J connectivity index is 1.74. The number of nitrogens with zero attached hydrogens (tertiary/aromatic N) is 2. The molecule has 3 N–H and O–H groups in total. The number of hydrazone groups is 1. The highest BCUT2D eigenvalue weighted by Gasteiger charge is 2.16. The van der Waals surface area contributed by atoms with Crippen LogP contribution in [0.15, 0.2) is 53.6 Å². The predicted octanol–water partition coefficient (Wildman–Crippen LogP) is 2.86. The van der Waals surface area contributed by atoms with Gasteiger partial charge in [0.25, 0.3) is 5.91 Å². The lowest BCUT2D eigenvalue weighted by molar-refractivity contribution is 0.0949. The van der Waals surface area contributed by atoms with Gasteiger partial charge in [0.1, 0.15) is 5.69 Å². The number of phenols is 1. The molecule has 3 rings (SSSR count). The molecule has 0 atom stereocenters. The molecule has 132 valence electrons. The van der Waals surface area contributed by atoms with E-state index >= 15 is 0 Å². The van der Waals surface area contributed by atoms with Gasteiger partial charge in [-0.1, -0.05) is 36.4 Å². The van der Waals surface area contributed by atoms with Gasteiger partial charge in [0.2, 0.25) is 0 Å². The molecule has 0 unspecified atom stereocenters. The average molecular weight is 350 g/mol. The molecule has 2 aromatic carbocycles. The third-order valence-corrected chi connectivity index (χ3v) is 3.90. The number of para-hydroxylation sites is 1. The summed E-state index contributed by atoms with van der Waals surface area (Å²) in [5.41, 5.74) is 5.55. The number of H-pyrrole nitrogens is 1. The first-order valence-electron chi connectivity index (χ1n) is 7.91. The number of methoxy groups -OCH3 is 1. The van der Waals surface area contributed by atoms with Crippen LogP contribution in [0.1, 0.15) is 21.6 Å². The van der Waals surface area contributed by atoms with E-state index in [0.717, 1.165) is 11.1 Å². The van der Waals surface area contributed by atoms with E-state index in [2.05, 4.69) is 20.7 Å². The van der Waals surface area contributed by atoms with Crippen LogP contribution in [0.3, 0.4) is 0 Å². The van der Waals surface area contributed by atoms with Crippen LogP contribution in [0.25, 0.3) is 11.3 Å². The topological polar surface area (TPSA) is 99.6 Å². The van der Waals surface area contributed by atoms with Crippen LogP contribution in [-0.4, -0.2) is 34.5 Å². The third-order valence-electron chi connectivity index (χ3n) is 3.90. The number of benzene rings is 2. The van der Waals surface area contributed by atoms with Gasteiger partial charge in [-0.05, 0) is 19.1 Å². The minimum absolute atomic E-state index is 0.0444. The highest BCUT2D eigenvalue weighted by molar-refractivity contribution is 5.96. The van der Waals surface area contributed by atoms with Crippen molar-refractivity contribution in [1.29, 1.82) is 0 Å². The van der Waals surface area contributed by atoms with Gasteiger partial charge in [-0.3, -0.25) is 9.89 Å². The van der Waals surface area contributed by atoms with E-state index in [0.29, 0.717) is 22.7 Å². The maximum absolute atomic E-state index is 12.3. The molecule has 1 aromatic heterocycles. The molecule has 0 bridgehead atoms. The molecule has 1 heterocycles. The quantitative estimate of drug-likeness (QED) is 0.487. The number of amides is 1. The van der Waals surface area contributed by atoms with Gasteiger partial charge in [-0.2, -0.15) is 10.2 Å². The van der Waals surface area contributed by atoms with Gasteiger partial charge >= 0.3 is 0 Å². The lowest BCUT2D eigenvalue weighted by atomic mass is 10.1. The van der Waals surface area contributed by atoms with E-state index in [1.165, 1.54) is 13.3 Å². The minimum atomic E-state index is -0.421. The molecule has 7 heteroatoms. The van der Waals surface area contributed by atoms with Gasteiger partial charge in [-0.25, -0.2) is 5.43 Å². The second-order valence-corrected chi connectivity index (χ2v) is 5.54. The summed E-state index contributed by atoms with van der Waals surface area (Å²) in [5.74, 6) is -0.134. The van der Waals surface area contributed by atoms with Crippen molar-refractivity contribution in [2.24, 2.45) is 5.10 Å². The fourth-order valence-electron chi connectivity index (χ4n) is 2.52. The molecule has 26 heavy (non-hydrogen) atoms. The van der Waals surface area contributed by atoms with Gasteiger partial charge in [0, 0.05) is 16.7 Å². The van der Waals surface area contributed by atoms with Gasteiger partial charge in [0.15, 0.2) is 11.5 Å². The normalized spacial score (nSPS) is 10.8. The van der Waals surface area contributed by atoms with Gasteiger partial charge in [0.05, 0.1) is 19.0 Å². The number of aromatic amines is 1. The summed E-state index contributed by atoms with van der Waals surface area (Å²) in [6, 6.07) is 14.6. The Morgan fingerprint density at radius 3 is 2.73 bits per heavy atom. The lowest BCUT2D eigenvalue weighted by Gasteiger charge is -2.05. The molecule has 0 spiro atoms. The molecule has 0 fully saturated rings. The van der Waals surface area contributed by atoms with E-state index < -0.39 is 5.91 Å². The fourth-order valence-corrected chi connectivity index (χ4v) is 2.52. The van der Waals surface area contributed by atoms with Crippen LogP contribution in [0.4, 0.5) is 0 Å². The third kappa shape index (κ3) is 3.41. The molecular weight excluding hydrogens is 332 g/mol. The van der Waals surface area contributed by atoms with E-state index in [4.69, 9.17) is 4.74 Å². The summed E-state index contributed by atoms with van der Waals surface area (Å²) >= 11 is 0. The number of hydrogen-bond acceptors (Lipinski definition) is 5. The summed E-state index contributed by atoms with van der Waals surface area (Å²) in [4.78, 5) is 12.3. The summed E-state index contributed by atoms with van der Waals surface area (Å²) in [6.07, 6.45) is 1.35. The van der Waals surface area contributed by atoms with Crippen LogP contribution in [-0.2, 0) is 0 Å². The monoisotopic (exact) mass is 350 g/mol. The first kappa shape index (κ1) is 17.2. The first-order chi connectivity index (χ1) is 12.6. The van der Waals surface area contributed by atoms with E-state index in [9.17, 15) is 9.90 Å². The Hall–Kier alpha value is -3.61. The van der Waals surface area contributed by atoms with Crippen LogP contribution in [0, 0.1) is 6.92 Å². The Morgan fingerprint density at radius 2 is 2.00 bits per heavy atom. The second-order valence-electron chi connectivity index (χ2n) is 5.54. The van der Waals surface area contributed by atoms with Crippen molar-refractivity contribution in [3.63, 3.8) is 0 Å². The first-order valence-corrected chi connectivity index (χ1v) is 7.91. The van der Waals surface area contributed by atoms with E-state index in [-0.39, 0.29) is 5.75 Å². The molecule has 0 aliphatic heterocycles. The molecule has 3 aromatic rings. The van der Waals surface area contributed by atoms with Crippen molar-refractivity contribution < 1.29 is 14.6 Å². The molecule has 0 aliphatic carbocycles. The zero-order valence-electron chi connectivity index (χ0n) is 14.4. The average Bonchev–Trinajstić information content (AvgIpc) is 3.05. The van der Waals surface area contributed by atoms with Gasteiger partial charge < -0.3 is 9.84 Å². The minimum Gasteiger partial charge on any atom is -0.504 e. The molecule has 0 saturated carbocycles. The van der Waals surface area contributed by atoms with Crippen molar-refractivity contribution >= 4 is 12.1 Å². The van der Waals surface area contributed by atoms with Crippen molar-refractivity contribution in [3.8, 4) is 22.8 Å². The standard InChI is InChI=1S/C19H18N4O3/c1-12-16(13-7-4-3-5-8-13)21-22-17(12)19(25)23-20-11-14-9-6-10-15(26-2)18(14)24/h3-11,24H,1-2H3,(H,21,22)(H,23,25)/b20-11-. The predicted molar refractivity (Wildman–Crippen MR) is 98.5 cm³/mol. The Morgan fingerprint density at radius 1 is 1.23 bits per heavy atom. The summed E-state index contributed by atoms with van der Waals surface area (Å²) in [6.45, 7) is 1.82. The number of aromatic hydroxyl groups is 1. The number of ether oxygens (including phenoxy) is 1. The maximum atomic E-state index is 12.3. The Kier molecular flexibility index (Phi) is 4.98. The Labute approximate surface area is 150 Å². The molecule has 0 radical (unpaired) electrons. The number of rotatable bonds is 5. The van der Waals surface area contributed by atoms with E-state index in [1.807, 2.05) is 37.3 Å². The number of carbonyl (C=O) groups excluding carboxylic acids is 1. The smallest absolute Gasteiger partial charge is 0.289 e. The van der Waals surface area contributed by atoms with Gasteiger partial charge in [-0.15, -0.1) is 0 Å². The van der Waals surface area contributed by atoms with Crippen LogP contribution in [0.5, 0.6) is 11.5 Å². The summed E-state index contributed by atoms with van der Waals surface area (Å²) < 4.78 is 5.03. The molecule has 7 nitrogen and oxygen atoms in total. The SMILES string of the molecule is COc1cccc(/C=N\NC(=O)c2[nH]nc(-c3ccccc3)c2C)c1O. The number of phenolic OH excluding ortho intramolecular Hbond substituents is 1. The van der Waals surface area contributed by atoms with Crippen molar-refractivity contribution in [2.45, 2.75) is 6.92 Å². The van der Waals surface area contributed by atoms with Crippen molar-refractivity contribution in [1.82, 2.24) is 15.6 Å². The van der Waals surface area contributed by atoms with Crippen molar-refractivity contribution in [3.05, 3.63) is 65.4 Å². The number of aromatic nitrogens is 2.